The van der Waals surface area contributed by atoms with Crippen LogP contribution in [0.2, 0.25) is 0 Å². The number of furan rings is 1. The van der Waals surface area contributed by atoms with Crippen molar-refractivity contribution in [1.29, 1.82) is 0 Å². The van der Waals surface area contributed by atoms with Gasteiger partial charge in [0.05, 0.1) is 18.0 Å². The summed E-state index contributed by atoms with van der Waals surface area (Å²) in [5.74, 6) is 1.65. The van der Waals surface area contributed by atoms with E-state index in [9.17, 15) is 0 Å². The van der Waals surface area contributed by atoms with Gasteiger partial charge in [-0.3, -0.25) is 0 Å². The second-order valence-corrected chi connectivity index (χ2v) is 4.57. The zero-order valence-electron chi connectivity index (χ0n) is 11.3. The molecule has 0 radical (unpaired) electrons. The number of anilines is 1. The second-order valence-electron chi connectivity index (χ2n) is 4.57. The maximum Gasteiger partial charge on any atom is 0.153 e. The summed E-state index contributed by atoms with van der Waals surface area (Å²) in [6, 6.07) is 11.9. The molecule has 0 spiro atoms. The van der Waals surface area contributed by atoms with E-state index in [4.69, 9.17) is 4.42 Å². The van der Waals surface area contributed by atoms with Gasteiger partial charge in [0.25, 0.3) is 0 Å². The molecule has 1 aromatic carbocycles. The lowest BCUT2D eigenvalue weighted by molar-refractivity contribution is 0.490. The minimum Gasteiger partial charge on any atom is -0.467 e. The summed E-state index contributed by atoms with van der Waals surface area (Å²) in [4.78, 5) is 0. The van der Waals surface area contributed by atoms with Crippen LogP contribution in [0.1, 0.15) is 24.6 Å². The van der Waals surface area contributed by atoms with Crippen molar-refractivity contribution in [3.8, 4) is 5.69 Å². The molecule has 0 bridgehead atoms. The minimum atomic E-state index is 0.0928. The van der Waals surface area contributed by atoms with Crippen LogP contribution in [0.4, 0.5) is 5.69 Å². The lowest BCUT2D eigenvalue weighted by Gasteiger charge is -2.13. The molecule has 2 heterocycles. The third-order valence-electron chi connectivity index (χ3n) is 3.07. The van der Waals surface area contributed by atoms with Crippen LogP contribution < -0.4 is 5.32 Å². The Bertz CT molecular complexity index is 689. The highest BCUT2D eigenvalue weighted by molar-refractivity contribution is 5.51. The number of nitrogens with zero attached hydrogens (tertiary/aromatic N) is 4. The van der Waals surface area contributed by atoms with Gasteiger partial charge in [0, 0.05) is 5.69 Å². The molecular weight excluding hydrogens is 254 g/mol. The number of nitrogens with one attached hydrogen (secondary N) is 1. The first kappa shape index (κ1) is 12.4. The van der Waals surface area contributed by atoms with Crippen molar-refractivity contribution in [3.05, 3.63) is 54.2 Å². The van der Waals surface area contributed by atoms with Crippen molar-refractivity contribution >= 4 is 5.69 Å². The predicted molar refractivity (Wildman–Crippen MR) is 74.6 cm³/mol. The number of benzene rings is 1. The van der Waals surface area contributed by atoms with E-state index in [0.29, 0.717) is 0 Å². The van der Waals surface area contributed by atoms with Crippen molar-refractivity contribution in [3.63, 3.8) is 0 Å². The van der Waals surface area contributed by atoms with E-state index in [0.717, 1.165) is 23.0 Å². The summed E-state index contributed by atoms with van der Waals surface area (Å²) in [7, 11) is 0. The van der Waals surface area contributed by atoms with Gasteiger partial charge < -0.3 is 9.73 Å². The highest BCUT2D eigenvalue weighted by atomic mass is 16.3. The first-order chi connectivity index (χ1) is 9.74. The number of aromatic nitrogens is 4. The average Bonchev–Trinajstić information content (AvgIpc) is 3.10. The zero-order valence-corrected chi connectivity index (χ0v) is 11.3. The summed E-state index contributed by atoms with van der Waals surface area (Å²) < 4.78 is 7.09. The van der Waals surface area contributed by atoms with E-state index in [1.807, 2.05) is 50.2 Å². The van der Waals surface area contributed by atoms with Gasteiger partial charge in [-0.2, -0.15) is 4.68 Å². The van der Waals surface area contributed by atoms with Gasteiger partial charge in [0.2, 0.25) is 0 Å². The monoisotopic (exact) mass is 269 g/mol. The molecule has 0 aliphatic heterocycles. The fourth-order valence-electron chi connectivity index (χ4n) is 2.06. The van der Waals surface area contributed by atoms with Gasteiger partial charge in [-0.1, -0.05) is 6.07 Å². The van der Waals surface area contributed by atoms with E-state index in [1.165, 1.54) is 0 Å². The van der Waals surface area contributed by atoms with Crippen molar-refractivity contribution in [2.75, 3.05) is 5.32 Å². The summed E-state index contributed by atoms with van der Waals surface area (Å²) in [5.41, 5.74) is 1.91. The number of hydrogen-bond donors (Lipinski definition) is 1. The molecule has 6 heteroatoms. The van der Waals surface area contributed by atoms with Crippen LogP contribution in [0.25, 0.3) is 5.69 Å². The summed E-state index contributed by atoms with van der Waals surface area (Å²) >= 11 is 0. The maximum atomic E-state index is 5.39. The van der Waals surface area contributed by atoms with E-state index >= 15 is 0 Å². The summed E-state index contributed by atoms with van der Waals surface area (Å²) in [5, 5.41) is 14.9. The molecule has 1 atom stereocenters. The Labute approximate surface area is 116 Å². The molecule has 3 aromatic rings. The predicted octanol–water partition coefficient (Wildman–Crippen LogP) is 2.74. The standard InChI is InChI=1S/C14H15N5O/c1-10(14-7-4-8-20-14)15-12-5-3-6-13(9-12)19-11(2)16-17-18-19/h3-10,15H,1-2H3. The van der Waals surface area contributed by atoms with Crippen LogP contribution in [-0.4, -0.2) is 20.2 Å². The first-order valence-corrected chi connectivity index (χ1v) is 6.39. The molecule has 0 amide bonds. The van der Waals surface area contributed by atoms with E-state index in [2.05, 4.69) is 20.8 Å². The molecule has 1 unspecified atom stereocenters. The minimum absolute atomic E-state index is 0.0928. The van der Waals surface area contributed by atoms with Crippen LogP contribution in [0.15, 0.2) is 47.1 Å². The summed E-state index contributed by atoms with van der Waals surface area (Å²) in [6.07, 6.45) is 1.67. The van der Waals surface area contributed by atoms with Gasteiger partial charge in [-0.25, -0.2) is 0 Å². The highest BCUT2D eigenvalue weighted by Crippen LogP contribution is 2.21. The van der Waals surface area contributed by atoms with Gasteiger partial charge in [-0.05, 0) is 54.6 Å². The Morgan fingerprint density at radius 1 is 1.25 bits per heavy atom. The molecule has 102 valence electrons. The highest BCUT2D eigenvalue weighted by Gasteiger charge is 2.09. The SMILES string of the molecule is Cc1nnnn1-c1cccc(NC(C)c2ccco2)c1. The molecule has 0 aliphatic carbocycles. The molecule has 6 nitrogen and oxygen atoms in total. The Balaban J connectivity index is 1.83. The smallest absolute Gasteiger partial charge is 0.153 e. The normalized spacial score (nSPS) is 12.3. The lowest BCUT2D eigenvalue weighted by Crippen LogP contribution is -2.06. The van der Waals surface area contributed by atoms with Crippen molar-refractivity contribution < 1.29 is 4.42 Å². The molecule has 0 aliphatic rings. The molecule has 0 saturated carbocycles. The van der Waals surface area contributed by atoms with E-state index in [-0.39, 0.29) is 6.04 Å². The topological polar surface area (TPSA) is 68.8 Å². The van der Waals surface area contributed by atoms with Gasteiger partial charge in [-0.15, -0.1) is 5.10 Å². The summed E-state index contributed by atoms with van der Waals surface area (Å²) in [6.45, 7) is 3.92. The molecular formula is C14H15N5O. The number of hydrogen-bond acceptors (Lipinski definition) is 5. The van der Waals surface area contributed by atoms with Crippen molar-refractivity contribution in [2.24, 2.45) is 0 Å². The Morgan fingerprint density at radius 2 is 2.15 bits per heavy atom. The van der Waals surface area contributed by atoms with Gasteiger partial charge in [0.15, 0.2) is 5.82 Å². The third-order valence-corrected chi connectivity index (χ3v) is 3.07. The second kappa shape index (κ2) is 5.16. The number of rotatable bonds is 4. The van der Waals surface area contributed by atoms with Crippen molar-refractivity contribution in [1.82, 2.24) is 20.2 Å². The van der Waals surface area contributed by atoms with Crippen LogP contribution in [0.3, 0.4) is 0 Å². The zero-order chi connectivity index (χ0) is 13.9. The molecule has 1 N–H and O–H groups in total. The molecule has 2 aromatic heterocycles. The molecule has 3 rings (SSSR count). The van der Waals surface area contributed by atoms with E-state index in [1.54, 1.807) is 10.9 Å². The average molecular weight is 269 g/mol. The van der Waals surface area contributed by atoms with Crippen LogP contribution >= 0.6 is 0 Å². The van der Waals surface area contributed by atoms with Gasteiger partial charge in [0.1, 0.15) is 5.76 Å². The maximum absolute atomic E-state index is 5.39. The number of aryl methyl sites for hydroxylation is 1. The fraction of sp³-hybridized carbons (Fsp3) is 0.214. The lowest BCUT2D eigenvalue weighted by atomic mass is 10.2. The third kappa shape index (κ3) is 2.40. The molecule has 20 heavy (non-hydrogen) atoms. The van der Waals surface area contributed by atoms with E-state index < -0.39 is 0 Å². The number of tetrazole rings is 1. The fourth-order valence-corrected chi connectivity index (χ4v) is 2.06. The van der Waals surface area contributed by atoms with Gasteiger partial charge >= 0.3 is 0 Å². The quantitative estimate of drug-likeness (QED) is 0.788. The van der Waals surface area contributed by atoms with Crippen LogP contribution in [-0.2, 0) is 0 Å². The first-order valence-electron chi connectivity index (χ1n) is 6.39. The van der Waals surface area contributed by atoms with Crippen LogP contribution in [0.5, 0.6) is 0 Å². The largest absolute Gasteiger partial charge is 0.467 e. The Morgan fingerprint density at radius 3 is 2.85 bits per heavy atom. The van der Waals surface area contributed by atoms with Crippen LogP contribution in [0, 0.1) is 6.92 Å². The molecule has 0 fully saturated rings. The van der Waals surface area contributed by atoms with Crippen molar-refractivity contribution in [2.45, 2.75) is 19.9 Å². The Hall–Kier alpha value is -2.63. The Kier molecular flexibility index (Phi) is 3.20. The molecule has 0 saturated heterocycles.